The van der Waals surface area contributed by atoms with Crippen LogP contribution in [0.2, 0.25) is 0 Å². The van der Waals surface area contributed by atoms with Gasteiger partial charge in [-0.15, -0.1) is 11.3 Å². The minimum Gasteiger partial charge on any atom is -0.493 e. The van der Waals surface area contributed by atoms with Crippen molar-refractivity contribution in [1.82, 2.24) is 9.88 Å². The summed E-state index contributed by atoms with van der Waals surface area (Å²) in [4.78, 5) is 18.6. The Kier molecular flexibility index (Phi) is 6.25. The molecule has 0 spiro atoms. The number of benzene rings is 2. The highest BCUT2D eigenvalue weighted by Crippen LogP contribution is 2.29. The summed E-state index contributed by atoms with van der Waals surface area (Å²) in [5.41, 5.74) is 4.64. The molecule has 0 aliphatic carbocycles. The van der Waals surface area contributed by atoms with E-state index in [1.807, 2.05) is 17.5 Å². The third-order valence-electron chi connectivity index (χ3n) is 4.12. The van der Waals surface area contributed by atoms with Crippen molar-refractivity contribution in [2.45, 2.75) is 13.2 Å². The van der Waals surface area contributed by atoms with Gasteiger partial charge in [-0.1, -0.05) is 12.1 Å². The summed E-state index contributed by atoms with van der Waals surface area (Å²) >= 11 is 1.51. The van der Waals surface area contributed by atoms with E-state index in [1.54, 1.807) is 54.9 Å². The zero-order valence-electron chi connectivity index (χ0n) is 15.6. The number of nitriles is 1. The Balaban J connectivity index is 1.69. The van der Waals surface area contributed by atoms with Crippen LogP contribution in [0.4, 0.5) is 0 Å². The van der Waals surface area contributed by atoms with Crippen LogP contribution in [0.25, 0.3) is 0 Å². The average molecular weight is 393 g/mol. The van der Waals surface area contributed by atoms with E-state index < -0.39 is 0 Å². The van der Waals surface area contributed by atoms with E-state index in [2.05, 4.69) is 11.1 Å². The minimum absolute atomic E-state index is 0.131. The van der Waals surface area contributed by atoms with E-state index in [9.17, 15) is 4.79 Å². The molecule has 1 aromatic heterocycles. The van der Waals surface area contributed by atoms with Crippen LogP contribution in [0.5, 0.6) is 11.5 Å². The minimum atomic E-state index is -0.131. The van der Waals surface area contributed by atoms with Crippen molar-refractivity contribution in [3.63, 3.8) is 0 Å². The van der Waals surface area contributed by atoms with Crippen molar-refractivity contribution in [3.05, 3.63) is 75.7 Å². The number of nitrogens with zero attached hydrogens (tertiary/aromatic N) is 3. The summed E-state index contributed by atoms with van der Waals surface area (Å²) < 4.78 is 11.1. The first-order valence-electron chi connectivity index (χ1n) is 8.53. The largest absolute Gasteiger partial charge is 0.493 e. The van der Waals surface area contributed by atoms with Crippen molar-refractivity contribution >= 4 is 17.2 Å². The first-order chi connectivity index (χ1) is 13.6. The molecule has 0 saturated carbocycles. The fraction of sp³-hybridized carbons (Fsp3) is 0.190. The van der Waals surface area contributed by atoms with Crippen LogP contribution in [0.1, 0.15) is 27.2 Å². The molecule has 1 heterocycles. The molecule has 3 rings (SSSR count). The van der Waals surface area contributed by atoms with Crippen LogP contribution >= 0.6 is 11.3 Å². The Hall–Kier alpha value is -3.37. The lowest BCUT2D eigenvalue weighted by atomic mass is 10.1. The van der Waals surface area contributed by atoms with Crippen LogP contribution in [0.15, 0.2) is 53.4 Å². The van der Waals surface area contributed by atoms with Gasteiger partial charge in [0.2, 0.25) is 0 Å². The molecule has 1 amide bonds. The maximum Gasteiger partial charge on any atom is 0.254 e. The maximum absolute atomic E-state index is 12.8. The van der Waals surface area contributed by atoms with Gasteiger partial charge in [-0.2, -0.15) is 5.26 Å². The van der Waals surface area contributed by atoms with Crippen molar-refractivity contribution in [1.29, 1.82) is 5.26 Å². The summed E-state index contributed by atoms with van der Waals surface area (Å²) in [6, 6.07) is 14.4. The Bertz CT molecular complexity index is 979. The topological polar surface area (TPSA) is 75.5 Å². The third kappa shape index (κ3) is 4.67. The molecule has 0 bridgehead atoms. The van der Waals surface area contributed by atoms with Gasteiger partial charge in [0.15, 0.2) is 11.5 Å². The summed E-state index contributed by atoms with van der Waals surface area (Å²) in [5, 5.41) is 10.8. The number of thiazole rings is 1. The molecule has 0 radical (unpaired) electrons. The van der Waals surface area contributed by atoms with E-state index in [-0.39, 0.29) is 5.91 Å². The number of hydrogen-bond acceptors (Lipinski definition) is 6. The Labute approximate surface area is 167 Å². The van der Waals surface area contributed by atoms with E-state index in [4.69, 9.17) is 14.7 Å². The molecular weight excluding hydrogens is 374 g/mol. The fourth-order valence-corrected chi connectivity index (χ4v) is 3.17. The lowest BCUT2D eigenvalue weighted by Gasteiger charge is -2.18. The van der Waals surface area contributed by atoms with Gasteiger partial charge in [0.1, 0.15) is 6.61 Å². The predicted molar refractivity (Wildman–Crippen MR) is 106 cm³/mol. The standard InChI is InChI=1S/C21H19N3O3S/c1-24(11-16-5-3-15(10-22)4-6-16)21(25)17-7-8-19(20(9-17)26-2)27-12-18-13-28-14-23-18/h3-9,13-14H,11-12H2,1-2H3. The molecule has 28 heavy (non-hydrogen) atoms. The quantitative estimate of drug-likeness (QED) is 0.609. The number of amides is 1. The van der Waals surface area contributed by atoms with Crippen LogP contribution in [0, 0.1) is 11.3 Å². The smallest absolute Gasteiger partial charge is 0.254 e. The normalized spacial score (nSPS) is 10.2. The highest BCUT2D eigenvalue weighted by Gasteiger charge is 2.15. The zero-order chi connectivity index (χ0) is 19.9. The third-order valence-corrected chi connectivity index (χ3v) is 4.75. The molecule has 7 heteroatoms. The number of methoxy groups -OCH3 is 1. The second kappa shape index (κ2) is 9.02. The first-order valence-corrected chi connectivity index (χ1v) is 9.47. The van der Waals surface area contributed by atoms with E-state index in [0.29, 0.717) is 35.8 Å². The lowest BCUT2D eigenvalue weighted by Crippen LogP contribution is -2.26. The van der Waals surface area contributed by atoms with Gasteiger partial charge in [-0.05, 0) is 35.9 Å². The molecule has 0 fully saturated rings. The van der Waals surface area contributed by atoms with Gasteiger partial charge in [-0.3, -0.25) is 4.79 Å². The molecule has 0 aliphatic rings. The predicted octanol–water partition coefficient (Wildman–Crippen LogP) is 3.87. The van der Waals surface area contributed by atoms with Crippen LogP contribution in [-0.2, 0) is 13.2 Å². The maximum atomic E-state index is 12.8. The second-order valence-corrected chi connectivity index (χ2v) is 6.82. The van der Waals surface area contributed by atoms with Gasteiger partial charge >= 0.3 is 0 Å². The molecular formula is C21H19N3O3S. The van der Waals surface area contributed by atoms with E-state index in [1.165, 1.54) is 11.3 Å². The molecule has 142 valence electrons. The first kappa shape index (κ1) is 19.4. The summed E-state index contributed by atoms with van der Waals surface area (Å²) in [6.45, 7) is 0.778. The van der Waals surface area contributed by atoms with Crippen molar-refractivity contribution in [2.24, 2.45) is 0 Å². The summed E-state index contributed by atoms with van der Waals surface area (Å²) in [6.07, 6.45) is 0. The Morgan fingerprint density at radius 1 is 1.21 bits per heavy atom. The molecule has 0 aliphatic heterocycles. The summed E-state index contributed by atoms with van der Waals surface area (Å²) in [7, 11) is 3.28. The second-order valence-electron chi connectivity index (χ2n) is 6.10. The highest BCUT2D eigenvalue weighted by molar-refractivity contribution is 7.07. The molecule has 0 saturated heterocycles. The van der Waals surface area contributed by atoms with Gasteiger partial charge in [-0.25, -0.2) is 4.98 Å². The van der Waals surface area contributed by atoms with Crippen LogP contribution in [0.3, 0.4) is 0 Å². The Morgan fingerprint density at radius 2 is 2.00 bits per heavy atom. The number of ether oxygens (including phenoxy) is 2. The van der Waals surface area contributed by atoms with Gasteiger partial charge in [0, 0.05) is 24.5 Å². The average Bonchev–Trinajstić information content (AvgIpc) is 3.25. The number of carbonyl (C=O) groups excluding carboxylic acids is 1. The van der Waals surface area contributed by atoms with Crippen LogP contribution < -0.4 is 9.47 Å². The monoisotopic (exact) mass is 393 g/mol. The SMILES string of the molecule is COc1cc(C(=O)N(C)Cc2ccc(C#N)cc2)ccc1OCc1cscn1. The molecule has 0 atom stereocenters. The van der Waals surface area contributed by atoms with Crippen molar-refractivity contribution < 1.29 is 14.3 Å². The molecule has 6 nitrogen and oxygen atoms in total. The van der Waals surface area contributed by atoms with E-state index in [0.717, 1.165) is 11.3 Å². The van der Waals surface area contributed by atoms with Gasteiger partial charge in [0.25, 0.3) is 5.91 Å². The molecule has 3 aromatic rings. The number of hydrogen-bond donors (Lipinski definition) is 0. The van der Waals surface area contributed by atoms with Crippen LogP contribution in [-0.4, -0.2) is 29.9 Å². The number of carbonyl (C=O) groups is 1. The Morgan fingerprint density at radius 3 is 2.64 bits per heavy atom. The van der Waals surface area contributed by atoms with Gasteiger partial charge in [0.05, 0.1) is 29.9 Å². The fourth-order valence-electron chi connectivity index (χ4n) is 2.63. The molecule has 0 unspecified atom stereocenters. The molecule has 2 aromatic carbocycles. The van der Waals surface area contributed by atoms with Gasteiger partial charge < -0.3 is 14.4 Å². The summed E-state index contributed by atoms with van der Waals surface area (Å²) in [5.74, 6) is 0.920. The van der Waals surface area contributed by atoms with Crippen molar-refractivity contribution in [2.75, 3.05) is 14.2 Å². The van der Waals surface area contributed by atoms with Crippen molar-refractivity contribution in [3.8, 4) is 17.6 Å². The highest BCUT2D eigenvalue weighted by atomic mass is 32.1. The number of rotatable bonds is 7. The van der Waals surface area contributed by atoms with E-state index >= 15 is 0 Å². The molecule has 0 N–H and O–H groups in total. The zero-order valence-corrected chi connectivity index (χ0v) is 16.4. The lowest BCUT2D eigenvalue weighted by molar-refractivity contribution is 0.0784. The number of aromatic nitrogens is 1.